The molecule has 0 aliphatic carbocycles. The standard InChI is InChI=1S/C16H14BrN3/c1-10-2-5-13(9-14(10)17)19-16-7-3-11-8-12(18)4-6-15(11)20-16/h2-9H,18H2,1H3,(H,19,20). The van der Waals surface area contributed by atoms with Crippen LogP contribution in [0.25, 0.3) is 10.9 Å². The summed E-state index contributed by atoms with van der Waals surface area (Å²) in [6, 6.07) is 15.8. The van der Waals surface area contributed by atoms with Gasteiger partial charge in [-0.05, 0) is 55.0 Å². The van der Waals surface area contributed by atoms with Gasteiger partial charge in [-0.1, -0.05) is 22.0 Å². The Morgan fingerprint density at radius 1 is 1.05 bits per heavy atom. The Hall–Kier alpha value is -2.07. The number of benzene rings is 2. The second kappa shape index (κ2) is 5.13. The highest BCUT2D eigenvalue weighted by Gasteiger charge is 2.01. The zero-order valence-corrected chi connectivity index (χ0v) is 12.6. The van der Waals surface area contributed by atoms with Crippen LogP contribution in [0.15, 0.2) is 53.0 Å². The zero-order chi connectivity index (χ0) is 14.1. The van der Waals surface area contributed by atoms with Gasteiger partial charge in [0.2, 0.25) is 0 Å². The number of nitrogens with one attached hydrogen (secondary N) is 1. The van der Waals surface area contributed by atoms with E-state index in [0.29, 0.717) is 0 Å². The number of anilines is 3. The van der Waals surface area contributed by atoms with Crippen molar-refractivity contribution in [3.05, 3.63) is 58.6 Å². The van der Waals surface area contributed by atoms with E-state index in [-0.39, 0.29) is 0 Å². The van der Waals surface area contributed by atoms with Gasteiger partial charge in [-0.3, -0.25) is 0 Å². The van der Waals surface area contributed by atoms with E-state index < -0.39 is 0 Å². The fourth-order valence-electron chi connectivity index (χ4n) is 2.03. The lowest BCUT2D eigenvalue weighted by Crippen LogP contribution is -1.94. The molecule has 1 heterocycles. The molecule has 3 rings (SSSR count). The fraction of sp³-hybridized carbons (Fsp3) is 0.0625. The Morgan fingerprint density at radius 2 is 1.90 bits per heavy atom. The van der Waals surface area contributed by atoms with Gasteiger partial charge in [0, 0.05) is 21.2 Å². The lowest BCUT2D eigenvalue weighted by atomic mass is 10.2. The number of aryl methyl sites for hydroxylation is 1. The van der Waals surface area contributed by atoms with Gasteiger partial charge in [-0.2, -0.15) is 0 Å². The van der Waals surface area contributed by atoms with E-state index in [0.717, 1.165) is 32.6 Å². The molecule has 3 nitrogen and oxygen atoms in total. The summed E-state index contributed by atoms with van der Waals surface area (Å²) in [6.07, 6.45) is 0. The van der Waals surface area contributed by atoms with Crippen molar-refractivity contribution in [1.29, 1.82) is 0 Å². The van der Waals surface area contributed by atoms with Crippen molar-refractivity contribution in [2.75, 3.05) is 11.1 Å². The number of nitrogen functional groups attached to an aromatic ring is 1. The number of aromatic nitrogens is 1. The molecule has 100 valence electrons. The van der Waals surface area contributed by atoms with E-state index in [1.165, 1.54) is 5.56 Å². The molecule has 0 bridgehead atoms. The van der Waals surface area contributed by atoms with Gasteiger partial charge in [-0.25, -0.2) is 4.98 Å². The zero-order valence-electron chi connectivity index (χ0n) is 11.0. The number of nitrogens with zero attached hydrogens (tertiary/aromatic N) is 1. The second-order valence-corrected chi connectivity index (χ2v) is 5.59. The fourth-order valence-corrected chi connectivity index (χ4v) is 2.41. The summed E-state index contributed by atoms with van der Waals surface area (Å²) in [6.45, 7) is 2.06. The van der Waals surface area contributed by atoms with Crippen molar-refractivity contribution in [2.45, 2.75) is 6.92 Å². The Labute approximate surface area is 126 Å². The summed E-state index contributed by atoms with van der Waals surface area (Å²) in [5.74, 6) is 0.818. The number of hydrogen-bond donors (Lipinski definition) is 2. The Kier molecular flexibility index (Phi) is 3.32. The Morgan fingerprint density at radius 3 is 2.70 bits per heavy atom. The van der Waals surface area contributed by atoms with Crippen molar-refractivity contribution in [3.63, 3.8) is 0 Å². The second-order valence-electron chi connectivity index (χ2n) is 4.74. The van der Waals surface area contributed by atoms with Gasteiger partial charge in [0.05, 0.1) is 5.52 Å². The van der Waals surface area contributed by atoms with E-state index in [1.54, 1.807) is 0 Å². The van der Waals surface area contributed by atoms with Gasteiger partial charge in [0.15, 0.2) is 0 Å². The van der Waals surface area contributed by atoms with Crippen LogP contribution in [0.4, 0.5) is 17.2 Å². The van der Waals surface area contributed by atoms with Crippen LogP contribution in [-0.2, 0) is 0 Å². The first kappa shape index (κ1) is 12.9. The van der Waals surface area contributed by atoms with Crippen LogP contribution in [-0.4, -0.2) is 4.98 Å². The average Bonchev–Trinajstić information content (AvgIpc) is 2.43. The smallest absolute Gasteiger partial charge is 0.131 e. The van der Waals surface area contributed by atoms with Gasteiger partial charge in [-0.15, -0.1) is 0 Å². The molecule has 0 fully saturated rings. The first-order chi connectivity index (χ1) is 9.61. The quantitative estimate of drug-likeness (QED) is 0.674. The molecular formula is C16H14BrN3. The minimum atomic E-state index is 0.752. The first-order valence-electron chi connectivity index (χ1n) is 6.31. The van der Waals surface area contributed by atoms with Crippen LogP contribution in [0.1, 0.15) is 5.56 Å². The number of halogens is 1. The van der Waals surface area contributed by atoms with Crippen molar-refractivity contribution in [1.82, 2.24) is 4.98 Å². The highest BCUT2D eigenvalue weighted by atomic mass is 79.9. The van der Waals surface area contributed by atoms with Crippen LogP contribution in [0, 0.1) is 6.92 Å². The third kappa shape index (κ3) is 2.60. The van der Waals surface area contributed by atoms with E-state index in [4.69, 9.17) is 5.73 Å². The molecule has 2 aromatic carbocycles. The number of fused-ring (bicyclic) bond motifs is 1. The molecule has 0 aliphatic heterocycles. The molecular weight excluding hydrogens is 314 g/mol. The molecule has 3 N–H and O–H groups in total. The molecule has 0 radical (unpaired) electrons. The van der Waals surface area contributed by atoms with Crippen molar-refractivity contribution >= 4 is 44.0 Å². The van der Waals surface area contributed by atoms with Gasteiger partial charge in [0.25, 0.3) is 0 Å². The molecule has 0 unspecified atom stereocenters. The SMILES string of the molecule is Cc1ccc(Nc2ccc3cc(N)ccc3n2)cc1Br. The number of hydrogen-bond acceptors (Lipinski definition) is 3. The summed E-state index contributed by atoms with van der Waals surface area (Å²) in [7, 11) is 0. The maximum atomic E-state index is 5.77. The topological polar surface area (TPSA) is 50.9 Å². The van der Waals surface area contributed by atoms with Crippen LogP contribution >= 0.6 is 15.9 Å². The van der Waals surface area contributed by atoms with Gasteiger partial charge < -0.3 is 11.1 Å². The van der Waals surface area contributed by atoms with Crippen LogP contribution in [0.5, 0.6) is 0 Å². The highest BCUT2D eigenvalue weighted by molar-refractivity contribution is 9.10. The Balaban J connectivity index is 1.94. The summed E-state index contributed by atoms with van der Waals surface area (Å²) >= 11 is 3.53. The summed E-state index contributed by atoms with van der Waals surface area (Å²) in [5.41, 5.74) is 9.66. The number of nitrogens with two attached hydrogens (primary N) is 1. The number of rotatable bonds is 2. The monoisotopic (exact) mass is 327 g/mol. The molecule has 0 saturated carbocycles. The van der Waals surface area contributed by atoms with Crippen LogP contribution in [0.2, 0.25) is 0 Å². The minimum Gasteiger partial charge on any atom is -0.399 e. The molecule has 0 atom stereocenters. The van der Waals surface area contributed by atoms with Crippen molar-refractivity contribution in [3.8, 4) is 0 Å². The van der Waals surface area contributed by atoms with E-state index in [2.05, 4.69) is 39.2 Å². The van der Waals surface area contributed by atoms with Crippen LogP contribution in [0.3, 0.4) is 0 Å². The lowest BCUT2D eigenvalue weighted by molar-refractivity contribution is 1.36. The maximum absolute atomic E-state index is 5.77. The summed E-state index contributed by atoms with van der Waals surface area (Å²) < 4.78 is 1.08. The highest BCUT2D eigenvalue weighted by Crippen LogP contribution is 2.24. The molecule has 0 saturated heterocycles. The molecule has 20 heavy (non-hydrogen) atoms. The average molecular weight is 328 g/mol. The third-order valence-corrected chi connectivity index (χ3v) is 4.01. The normalized spacial score (nSPS) is 10.7. The largest absolute Gasteiger partial charge is 0.399 e. The molecule has 0 spiro atoms. The van der Waals surface area contributed by atoms with E-state index in [9.17, 15) is 0 Å². The molecule has 0 amide bonds. The van der Waals surface area contributed by atoms with Crippen molar-refractivity contribution in [2.24, 2.45) is 0 Å². The van der Waals surface area contributed by atoms with Crippen molar-refractivity contribution < 1.29 is 0 Å². The van der Waals surface area contributed by atoms with Crippen LogP contribution < -0.4 is 11.1 Å². The summed E-state index contributed by atoms with van der Waals surface area (Å²) in [5, 5.41) is 4.35. The number of pyridine rings is 1. The maximum Gasteiger partial charge on any atom is 0.131 e. The molecule has 3 aromatic rings. The van der Waals surface area contributed by atoms with Gasteiger partial charge >= 0.3 is 0 Å². The van der Waals surface area contributed by atoms with E-state index in [1.807, 2.05) is 42.5 Å². The third-order valence-electron chi connectivity index (χ3n) is 3.16. The lowest BCUT2D eigenvalue weighted by Gasteiger charge is -2.08. The molecule has 0 aliphatic rings. The molecule has 1 aromatic heterocycles. The first-order valence-corrected chi connectivity index (χ1v) is 7.10. The molecule has 4 heteroatoms. The predicted octanol–water partition coefficient (Wildman–Crippen LogP) is 4.63. The predicted molar refractivity (Wildman–Crippen MR) is 88.3 cm³/mol. The van der Waals surface area contributed by atoms with Gasteiger partial charge in [0.1, 0.15) is 5.82 Å². The van der Waals surface area contributed by atoms with E-state index >= 15 is 0 Å². The summed E-state index contributed by atoms with van der Waals surface area (Å²) in [4.78, 5) is 4.58. The Bertz CT molecular complexity index is 784. The minimum absolute atomic E-state index is 0.752.